The van der Waals surface area contributed by atoms with Crippen molar-refractivity contribution in [3.63, 3.8) is 0 Å². The molecule has 0 atom stereocenters. The zero-order valence-corrected chi connectivity index (χ0v) is 22.0. The Labute approximate surface area is 220 Å². The molecule has 0 saturated carbocycles. The predicted molar refractivity (Wildman–Crippen MR) is 145 cm³/mol. The molecule has 1 amide bonds. The molecule has 35 heavy (non-hydrogen) atoms. The zero-order valence-electron chi connectivity index (χ0n) is 19.0. The molecule has 9 heteroatoms. The van der Waals surface area contributed by atoms with E-state index in [9.17, 15) is 9.18 Å². The molecular weight excluding hydrogens is 582 g/mol. The van der Waals surface area contributed by atoms with Gasteiger partial charge in [-0.15, -0.1) is 0 Å². The van der Waals surface area contributed by atoms with Crippen LogP contribution in [0.4, 0.5) is 10.1 Å². The molecule has 180 valence electrons. The fourth-order valence-corrected chi connectivity index (χ4v) is 4.85. The predicted octanol–water partition coefficient (Wildman–Crippen LogP) is 6.31. The van der Waals surface area contributed by atoms with E-state index >= 15 is 0 Å². The van der Waals surface area contributed by atoms with E-state index in [0.29, 0.717) is 28.2 Å². The Bertz CT molecular complexity index is 1280. The van der Waals surface area contributed by atoms with Crippen LogP contribution in [0.25, 0.3) is 6.08 Å². The molecule has 0 spiro atoms. The number of methoxy groups -OCH3 is 1. The summed E-state index contributed by atoms with van der Waals surface area (Å²) in [5.41, 5.74) is 2.35. The van der Waals surface area contributed by atoms with Crippen molar-refractivity contribution < 1.29 is 23.4 Å². The molecule has 4 rings (SSSR count). The molecule has 1 fully saturated rings. The van der Waals surface area contributed by atoms with Crippen molar-refractivity contribution in [1.29, 1.82) is 0 Å². The molecule has 1 heterocycles. The van der Waals surface area contributed by atoms with E-state index in [0.717, 1.165) is 26.1 Å². The highest BCUT2D eigenvalue weighted by Crippen LogP contribution is 2.36. The number of carbonyl (C=O) groups excluding carboxylic acids is 1. The van der Waals surface area contributed by atoms with Crippen molar-refractivity contribution in [2.45, 2.75) is 13.5 Å². The SMILES string of the molecule is CCOc1ccc(N=C2NC(=O)/C(=C\c3cc(I)c(OCc4ccc(F)cc4)c(OC)c3)S2)cc1. The van der Waals surface area contributed by atoms with Crippen LogP contribution in [-0.2, 0) is 11.4 Å². The number of hydrogen-bond acceptors (Lipinski definition) is 6. The fraction of sp³-hybridized carbons (Fsp3) is 0.154. The molecule has 3 aromatic carbocycles. The van der Waals surface area contributed by atoms with Gasteiger partial charge >= 0.3 is 0 Å². The van der Waals surface area contributed by atoms with Crippen LogP contribution in [-0.4, -0.2) is 24.8 Å². The van der Waals surface area contributed by atoms with E-state index in [4.69, 9.17) is 14.2 Å². The van der Waals surface area contributed by atoms with E-state index in [1.807, 2.05) is 43.3 Å². The molecule has 1 N–H and O–H groups in total. The number of carbonyl (C=O) groups is 1. The maximum Gasteiger partial charge on any atom is 0.264 e. The number of amidine groups is 1. The normalized spacial score (nSPS) is 15.4. The number of nitrogens with one attached hydrogen (secondary N) is 1. The van der Waals surface area contributed by atoms with Gasteiger partial charge in [0.25, 0.3) is 5.91 Å². The molecule has 0 unspecified atom stereocenters. The number of aliphatic imine (C=N–C) groups is 1. The number of hydrogen-bond donors (Lipinski definition) is 1. The number of thioether (sulfide) groups is 1. The Morgan fingerprint density at radius 1 is 1.09 bits per heavy atom. The first-order valence-electron chi connectivity index (χ1n) is 10.7. The summed E-state index contributed by atoms with van der Waals surface area (Å²) in [6.07, 6.45) is 1.79. The van der Waals surface area contributed by atoms with Gasteiger partial charge in [-0.3, -0.25) is 4.79 Å². The van der Waals surface area contributed by atoms with Gasteiger partial charge < -0.3 is 19.5 Å². The van der Waals surface area contributed by atoms with Gasteiger partial charge in [-0.2, -0.15) is 0 Å². The quantitative estimate of drug-likeness (QED) is 0.241. The molecule has 0 aromatic heterocycles. The molecule has 1 aliphatic rings. The second-order valence-corrected chi connectivity index (χ2v) is 9.55. The average Bonchev–Trinajstić information content (AvgIpc) is 3.18. The Morgan fingerprint density at radius 2 is 1.83 bits per heavy atom. The van der Waals surface area contributed by atoms with Crippen LogP contribution in [0.15, 0.2) is 70.6 Å². The molecule has 1 aliphatic heterocycles. The van der Waals surface area contributed by atoms with Crippen LogP contribution in [0.2, 0.25) is 0 Å². The summed E-state index contributed by atoms with van der Waals surface area (Å²) >= 11 is 3.44. The van der Waals surface area contributed by atoms with Gasteiger partial charge in [0.15, 0.2) is 16.7 Å². The Morgan fingerprint density at radius 3 is 2.51 bits per heavy atom. The maximum atomic E-state index is 13.1. The lowest BCUT2D eigenvalue weighted by molar-refractivity contribution is -0.115. The number of benzene rings is 3. The van der Waals surface area contributed by atoms with Crippen molar-refractivity contribution in [3.05, 3.63) is 86.1 Å². The van der Waals surface area contributed by atoms with Crippen molar-refractivity contribution in [2.75, 3.05) is 13.7 Å². The Balaban J connectivity index is 1.49. The molecule has 0 bridgehead atoms. The van der Waals surface area contributed by atoms with E-state index in [2.05, 4.69) is 32.9 Å². The third-order valence-corrected chi connectivity index (χ3v) is 6.59. The third kappa shape index (κ3) is 6.55. The van der Waals surface area contributed by atoms with Gasteiger partial charge in [0.1, 0.15) is 18.2 Å². The van der Waals surface area contributed by atoms with E-state index in [-0.39, 0.29) is 18.3 Å². The summed E-state index contributed by atoms with van der Waals surface area (Å²) in [6, 6.07) is 17.2. The Kier molecular flexibility index (Phi) is 8.29. The lowest BCUT2D eigenvalue weighted by atomic mass is 10.2. The monoisotopic (exact) mass is 604 g/mol. The first-order valence-corrected chi connectivity index (χ1v) is 12.6. The second-order valence-electron chi connectivity index (χ2n) is 7.36. The van der Waals surface area contributed by atoms with Crippen molar-refractivity contribution in [1.82, 2.24) is 5.32 Å². The van der Waals surface area contributed by atoms with Crippen LogP contribution >= 0.6 is 34.4 Å². The standard InChI is InChI=1S/C26H22FIN2O4S/c1-3-33-20-10-8-19(9-11-20)29-26-30-25(31)23(35-26)14-17-12-21(28)24(22(13-17)32-2)34-15-16-4-6-18(27)7-5-16/h4-14H,3,15H2,1-2H3,(H,29,30,31)/b23-14+. The van der Waals surface area contributed by atoms with Crippen molar-refractivity contribution in [3.8, 4) is 17.2 Å². The number of halogens is 2. The molecule has 0 aliphatic carbocycles. The number of rotatable bonds is 8. The minimum atomic E-state index is -0.292. The maximum absolute atomic E-state index is 13.1. The minimum absolute atomic E-state index is 0.217. The summed E-state index contributed by atoms with van der Waals surface area (Å²) in [5, 5.41) is 3.31. The molecule has 0 radical (unpaired) electrons. The largest absolute Gasteiger partial charge is 0.494 e. The number of nitrogens with zero attached hydrogens (tertiary/aromatic N) is 1. The Hall–Kier alpha value is -3.05. The summed E-state index contributed by atoms with van der Waals surface area (Å²) in [4.78, 5) is 17.6. The lowest BCUT2D eigenvalue weighted by Crippen LogP contribution is -2.19. The zero-order chi connectivity index (χ0) is 24.8. The first-order chi connectivity index (χ1) is 16.9. The summed E-state index contributed by atoms with van der Waals surface area (Å²) < 4.78 is 30.9. The lowest BCUT2D eigenvalue weighted by Gasteiger charge is -2.14. The third-order valence-electron chi connectivity index (χ3n) is 4.88. The summed E-state index contributed by atoms with van der Waals surface area (Å²) in [5.74, 6) is 1.39. The van der Waals surface area contributed by atoms with Gasteiger partial charge in [0.05, 0.1) is 27.9 Å². The molecular formula is C26H22FIN2O4S. The summed E-state index contributed by atoms with van der Waals surface area (Å²) in [6.45, 7) is 2.80. The molecule has 6 nitrogen and oxygen atoms in total. The molecule has 3 aromatic rings. The van der Waals surface area contributed by atoms with E-state index in [1.165, 1.54) is 23.9 Å². The van der Waals surface area contributed by atoms with Crippen LogP contribution in [0, 0.1) is 9.39 Å². The van der Waals surface area contributed by atoms with Crippen molar-refractivity contribution in [2.24, 2.45) is 4.99 Å². The fourth-order valence-electron chi connectivity index (χ4n) is 3.23. The van der Waals surface area contributed by atoms with Gasteiger partial charge in [-0.1, -0.05) is 12.1 Å². The van der Waals surface area contributed by atoms with Crippen LogP contribution in [0.5, 0.6) is 17.2 Å². The minimum Gasteiger partial charge on any atom is -0.494 e. The highest BCUT2D eigenvalue weighted by Gasteiger charge is 2.24. The molecule has 1 saturated heterocycles. The van der Waals surface area contributed by atoms with E-state index in [1.54, 1.807) is 25.3 Å². The van der Waals surface area contributed by atoms with Gasteiger partial charge in [-0.25, -0.2) is 9.38 Å². The van der Waals surface area contributed by atoms with Gasteiger partial charge in [0, 0.05) is 0 Å². The van der Waals surface area contributed by atoms with Crippen molar-refractivity contribution >= 4 is 57.2 Å². The smallest absolute Gasteiger partial charge is 0.264 e. The second kappa shape index (κ2) is 11.6. The van der Waals surface area contributed by atoms with Crippen LogP contribution in [0.3, 0.4) is 0 Å². The highest BCUT2D eigenvalue weighted by atomic mass is 127. The van der Waals surface area contributed by atoms with Crippen LogP contribution < -0.4 is 19.5 Å². The number of ether oxygens (including phenoxy) is 3. The first kappa shape index (κ1) is 25.1. The average molecular weight is 604 g/mol. The van der Waals surface area contributed by atoms with Crippen LogP contribution in [0.1, 0.15) is 18.1 Å². The topological polar surface area (TPSA) is 69.2 Å². The summed E-state index contributed by atoms with van der Waals surface area (Å²) in [7, 11) is 1.56. The van der Waals surface area contributed by atoms with E-state index < -0.39 is 0 Å². The number of amides is 1. The highest BCUT2D eigenvalue weighted by molar-refractivity contribution is 14.1. The van der Waals surface area contributed by atoms with Gasteiger partial charge in [0.2, 0.25) is 0 Å². The van der Waals surface area contributed by atoms with Gasteiger partial charge in [-0.05, 0) is 107 Å².